The lowest BCUT2D eigenvalue weighted by Crippen LogP contribution is -2.04. The second kappa shape index (κ2) is 6.05. The Hall–Kier alpha value is -3.94. The number of rotatable bonds is 4. The van der Waals surface area contributed by atoms with E-state index in [0.717, 1.165) is 39.5 Å². The Balaban J connectivity index is 1.75. The van der Waals surface area contributed by atoms with Crippen LogP contribution in [0.3, 0.4) is 0 Å². The summed E-state index contributed by atoms with van der Waals surface area (Å²) >= 11 is 0. The number of aryl methyl sites for hydroxylation is 1. The lowest BCUT2D eigenvalue weighted by molar-refractivity contribution is 0.0696. The fourth-order valence-electron chi connectivity index (χ4n) is 3.61. The maximum absolute atomic E-state index is 11.3. The van der Waals surface area contributed by atoms with Gasteiger partial charge in [-0.1, -0.05) is 12.1 Å². The average Bonchev–Trinajstić information content (AvgIpc) is 3.41. The van der Waals surface area contributed by atoms with Gasteiger partial charge >= 0.3 is 5.97 Å². The molecule has 0 aliphatic rings. The van der Waals surface area contributed by atoms with E-state index in [1.165, 1.54) is 0 Å². The summed E-state index contributed by atoms with van der Waals surface area (Å²) in [6.07, 6.45) is 1.78. The van der Waals surface area contributed by atoms with Crippen LogP contribution in [0.2, 0.25) is 0 Å². The molecule has 28 heavy (non-hydrogen) atoms. The molecule has 0 unspecified atom stereocenters. The minimum atomic E-state index is -0.937. The maximum Gasteiger partial charge on any atom is 0.335 e. The molecule has 0 aliphatic heterocycles. The highest BCUT2D eigenvalue weighted by molar-refractivity contribution is 5.88. The zero-order chi connectivity index (χ0) is 19.3. The van der Waals surface area contributed by atoms with E-state index in [1.807, 2.05) is 35.6 Å². The fourth-order valence-corrected chi connectivity index (χ4v) is 3.61. The number of nitrogens with one attached hydrogen (secondary N) is 1. The van der Waals surface area contributed by atoms with Crippen LogP contribution in [0.1, 0.15) is 21.7 Å². The standard InChI is InChI=1S/C20H16N6O2/c1-12-22-24-19-6-5-16-18(26(12)19)10-17(15-7-8-21-23-15)25(16)11-13-3-2-4-14(9-13)20(27)28/h2-10H,11H2,1H3,(H,21,23)(H,27,28). The highest BCUT2D eigenvalue weighted by atomic mass is 16.4. The van der Waals surface area contributed by atoms with Crippen LogP contribution in [0.25, 0.3) is 28.1 Å². The van der Waals surface area contributed by atoms with Gasteiger partial charge in [-0.25, -0.2) is 4.79 Å². The van der Waals surface area contributed by atoms with Crippen molar-refractivity contribution in [3.8, 4) is 11.4 Å². The molecule has 4 heterocycles. The van der Waals surface area contributed by atoms with Crippen molar-refractivity contribution in [2.75, 3.05) is 0 Å². The fraction of sp³-hybridized carbons (Fsp3) is 0.100. The number of fused-ring (bicyclic) bond motifs is 3. The molecule has 0 saturated carbocycles. The Morgan fingerprint density at radius 2 is 2.00 bits per heavy atom. The molecule has 8 heteroatoms. The van der Waals surface area contributed by atoms with E-state index in [1.54, 1.807) is 24.4 Å². The third kappa shape index (κ3) is 2.46. The van der Waals surface area contributed by atoms with E-state index in [-0.39, 0.29) is 5.56 Å². The van der Waals surface area contributed by atoms with Crippen molar-refractivity contribution >= 4 is 22.6 Å². The van der Waals surface area contributed by atoms with Gasteiger partial charge in [0.05, 0.1) is 22.3 Å². The van der Waals surface area contributed by atoms with E-state index in [0.29, 0.717) is 6.54 Å². The highest BCUT2D eigenvalue weighted by Gasteiger charge is 2.17. The van der Waals surface area contributed by atoms with Gasteiger partial charge in [0, 0.05) is 12.7 Å². The molecule has 138 valence electrons. The second-order valence-corrected chi connectivity index (χ2v) is 6.63. The van der Waals surface area contributed by atoms with Crippen LogP contribution >= 0.6 is 0 Å². The molecule has 0 amide bonds. The predicted octanol–water partition coefficient (Wildman–Crippen LogP) is 3.13. The number of hydrogen-bond acceptors (Lipinski definition) is 4. The molecule has 5 aromatic rings. The number of aromatic amines is 1. The molecule has 0 spiro atoms. The van der Waals surface area contributed by atoms with E-state index < -0.39 is 5.97 Å². The number of aromatic carboxylic acids is 1. The smallest absolute Gasteiger partial charge is 0.335 e. The van der Waals surface area contributed by atoms with Crippen molar-refractivity contribution < 1.29 is 9.90 Å². The summed E-state index contributed by atoms with van der Waals surface area (Å²) in [7, 11) is 0. The number of aromatic nitrogens is 6. The summed E-state index contributed by atoms with van der Waals surface area (Å²) in [6, 6.07) is 14.9. The number of hydrogen-bond donors (Lipinski definition) is 2. The molecule has 4 aromatic heterocycles. The lowest BCUT2D eigenvalue weighted by atomic mass is 10.1. The number of nitrogens with zero attached hydrogens (tertiary/aromatic N) is 5. The number of benzene rings is 1. The normalized spacial score (nSPS) is 11.5. The van der Waals surface area contributed by atoms with E-state index in [4.69, 9.17) is 0 Å². The zero-order valence-electron chi connectivity index (χ0n) is 15.0. The van der Waals surface area contributed by atoms with Gasteiger partial charge < -0.3 is 9.67 Å². The SMILES string of the molecule is Cc1nnc2ccc3c(cc(-c4cc[nH]n4)n3Cc3cccc(C(=O)O)c3)n12. The van der Waals surface area contributed by atoms with Gasteiger partial charge in [0.25, 0.3) is 0 Å². The minimum Gasteiger partial charge on any atom is -0.478 e. The Morgan fingerprint density at radius 3 is 2.79 bits per heavy atom. The third-order valence-corrected chi connectivity index (χ3v) is 4.88. The van der Waals surface area contributed by atoms with Crippen LogP contribution in [0.15, 0.2) is 54.7 Å². The molecule has 1 aromatic carbocycles. The Labute approximate surface area is 159 Å². The summed E-state index contributed by atoms with van der Waals surface area (Å²) in [4.78, 5) is 11.3. The van der Waals surface area contributed by atoms with Gasteiger partial charge in [-0.15, -0.1) is 10.2 Å². The van der Waals surface area contributed by atoms with Crippen molar-refractivity contribution in [1.82, 2.24) is 29.4 Å². The van der Waals surface area contributed by atoms with Crippen molar-refractivity contribution in [1.29, 1.82) is 0 Å². The summed E-state index contributed by atoms with van der Waals surface area (Å²) in [5.74, 6) is -0.132. The van der Waals surface area contributed by atoms with Crippen LogP contribution < -0.4 is 0 Å². The first-order valence-corrected chi connectivity index (χ1v) is 8.78. The van der Waals surface area contributed by atoms with Crippen LogP contribution in [0, 0.1) is 6.92 Å². The summed E-state index contributed by atoms with van der Waals surface area (Å²) in [5.41, 5.74) is 5.66. The summed E-state index contributed by atoms with van der Waals surface area (Å²) in [6.45, 7) is 2.43. The second-order valence-electron chi connectivity index (χ2n) is 6.63. The van der Waals surface area contributed by atoms with E-state index >= 15 is 0 Å². The molecule has 8 nitrogen and oxygen atoms in total. The van der Waals surface area contributed by atoms with Crippen molar-refractivity contribution in [2.45, 2.75) is 13.5 Å². The lowest BCUT2D eigenvalue weighted by Gasteiger charge is -2.10. The number of carboxylic acids is 1. The topological polar surface area (TPSA) is 101 Å². The molecule has 5 rings (SSSR count). The first kappa shape index (κ1) is 16.2. The first-order valence-electron chi connectivity index (χ1n) is 8.78. The third-order valence-electron chi connectivity index (χ3n) is 4.88. The largest absolute Gasteiger partial charge is 0.478 e. The number of carbonyl (C=O) groups is 1. The number of pyridine rings is 1. The molecule has 0 saturated heterocycles. The van der Waals surface area contributed by atoms with Crippen LogP contribution in [-0.2, 0) is 6.54 Å². The molecule has 0 radical (unpaired) electrons. The molecular weight excluding hydrogens is 356 g/mol. The van der Waals surface area contributed by atoms with Crippen molar-refractivity contribution in [3.63, 3.8) is 0 Å². The molecule has 0 atom stereocenters. The number of H-pyrrole nitrogens is 1. The van der Waals surface area contributed by atoms with E-state index in [9.17, 15) is 9.90 Å². The van der Waals surface area contributed by atoms with E-state index in [2.05, 4.69) is 31.0 Å². The Bertz CT molecular complexity index is 1330. The van der Waals surface area contributed by atoms with Crippen LogP contribution in [0.5, 0.6) is 0 Å². The average molecular weight is 372 g/mol. The molecule has 0 bridgehead atoms. The van der Waals surface area contributed by atoms with Gasteiger partial charge in [-0.05, 0) is 48.9 Å². The number of carboxylic acid groups (broad SMARTS) is 1. The minimum absolute atomic E-state index is 0.271. The summed E-state index contributed by atoms with van der Waals surface area (Å²) < 4.78 is 4.14. The monoisotopic (exact) mass is 372 g/mol. The molecule has 2 N–H and O–H groups in total. The quantitative estimate of drug-likeness (QED) is 0.505. The first-order chi connectivity index (χ1) is 13.6. The summed E-state index contributed by atoms with van der Waals surface area (Å²) in [5, 5.41) is 24.9. The van der Waals surface area contributed by atoms with Gasteiger partial charge in [0.1, 0.15) is 11.5 Å². The molecule has 0 fully saturated rings. The van der Waals surface area contributed by atoms with Gasteiger partial charge in [0.2, 0.25) is 0 Å². The zero-order valence-corrected chi connectivity index (χ0v) is 15.0. The van der Waals surface area contributed by atoms with Gasteiger partial charge in [-0.3, -0.25) is 9.50 Å². The maximum atomic E-state index is 11.3. The van der Waals surface area contributed by atoms with Gasteiger partial charge in [0.15, 0.2) is 5.65 Å². The highest BCUT2D eigenvalue weighted by Crippen LogP contribution is 2.29. The molecule has 0 aliphatic carbocycles. The Kier molecular flexibility index (Phi) is 3.51. The predicted molar refractivity (Wildman–Crippen MR) is 103 cm³/mol. The van der Waals surface area contributed by atoms with Gasteiger partial charge in [-0.2, -0.15) is 5.10 Å². The van der Waals surface area contributed by atoms with Crippen molar-refractivity contribution in [2.24, 2.45) is 0 Å². The Morgan fingerprint density at radius 1 is 1.11 bits per heavy atom. The van der Waals surface area contributed by atoms with Crippen molar-refractivity contribution in [3.05, 3.63) is 71.7 Å². The van der Waals surface area contributed by atoms with Crippen LogP contribution in [-0.4, -0.2) is 40.4 Å². The molecular formula is C20H16N6O2. The van der Waals surface area contributed by atoms with Crippen LogP contribution in [0.4, 0.5) is 0 Å².